The molecule has 2 heterocycles. The lowest BCUT2D eigenvalue weighted by Crippen LogP contribution is -2.33. The molecular weight excluding hydrogens is 326 g/mol. The van der Waals surface area contributed by atoms with E-state index >= 15 is 0 Å². The van der Waals surface area contributed by atoms with Crippen LogP contribution >= 0.6 is 0 Å². The number of sulfonamides is 1. The number of hydrogen-bond acceptors (Lipinski definition) is 4. The number of likely N-dealkylation sites (tertiary alicyclic amines) is 2. The Balaban J connectivity index is 1.48. The molecule has 0 aromatic heterocycles. The Morgan fingerprint density at radius 2 is 1.88 bits per heavy atom. The van der Waals surface area contributed by atoms with Gasteiger partial charge in [-0.1, -0.05) is 30.3 Å². The molecule has 2 unspecified atom stereocenters. The van der Waals surface area contributed by atoms with Gasteiger partial charge in [-0.25, -0.2) is 13.6 Å². The maximum absolute atomic E-state index is 12.1. The van der Waals surface area contributed by atoms with Gasteiger partial charge in [0.2, 0.25) is 15.9 Å². The Morgan fingerprint density at radius 1 is 1.12 bits per heavy atom. The summed E-state index contributed by atoms with van der Waals surface area (Å²) in [5, 5.41) is 5.10. The average molecular weight is 351 g/mol. The van der Waals surface area contributed by atoms with Gasteiger partial charge in [-0.15, -0.1) is 0 Å². The first-order valence-corrected chi connectivity index (χ1v) is 10.1. The van der Waals surface area contributed by atoms with Gasteiger partial charge in [0.05, 0.1) is 5.75 Å². The summed E-state index contributed by atoms with van der Waals surface area (Å²) in [5.74, 6) is 0.269. The quantitative estimate of drug-likeness (QED) is 0.815. The molecule has 2 N–H and O–H groups in total. The molecule has 2 aliphatic rings. The predicted octanol–water partition coefficient (Wildman–Crippen LogP) is 0.646. The minimum Gasteiger partial charge on any atom is -0.342 e. The highest BCUT2D eigenvalue weighted by atomic mass is 32.2. The van der Waals surface area contributed by atoms with E-state index in [-0.39, 0.29) is 17.6 Å². The van der Waals surface area contributed by atoms with Crippen molar-refractivity contribution in [2.45, 2.75) is 19.4 Å². The molecule has 0 saturated carbocycles. The Hall–Kier alpha value is -1.44. The second kappa shape index (κ2) is 7.21. The minimum atomic E-state index is -3.51. The zero-order chi connectivity index (χ0) is 17.2. The van der Waals surface area contributed by atoms with Crippen molar-refractivity contribution in [3.05, 3.63) is 35.9 Å². The molecule has 0 radical (unpaired) electrons. The Labute approximate surface area is 143 Å². The largest absolute Gasteiger partial charge is 0.342 e. The van der Waals surface area contributed by atoms with E-state index in [2.05, 4.69) is 29.2 Å². The first-order chi connectivity index (χ1) is 11.4. The zero-order valence-electron chi connectivity index (χ0n) is 13.8. The molecule has 1 amide bonds. The van der Waals surface area contributed by atoms with E-state index in [0.29, 0.717) is 18.9 Å². The highest BCUT2D eigenvalue weighted by molar-refractivity contribution is 7.89. The second-order valence-corrected chi connectivity index (χ2v) is 8.73. The van der Waals surface area contributed by atoms with Crippen molar-refractivity contribution in [2.24, 2.45) is 17.0 Å². The number of carbonyl (C=O) groups is 1. The normalized spacial score (nSPS) is 25.5. The van der Waals surface area contributed by atoms with Crippen molar-refractivity contribution in [2.75, 3.05) is 31.9 Å². The van der Waals surface area contributed by atoms with E-state index in [0.717, 1.165) is 32.6 Å². The molecule has 2 atom stereocenters. The van der Waals surface area contributed by atoms with Crippen LogP contribution in [0.4, 0.5) is 0 Å². The van der Waals surface area contributed by atoms with Crippen LogP contribution < -0.4 is 5.14 Å². The zero-order valence-corrected chi connectivity index (χ0v) is 14.6. The van der Waals surface area contributed by atoms with Crippen molar-refractivity contribution >= 4 is 15.9 Å². The molecule has 6 nitrogen and oxygen atoms in total. The fourth-order valence-corrected chi connectivity index (χ4v) is 4.71. The van der Waals surface area contributed by atoms with Crippen LogP contribution in [0.2, 0.25) is 0 Å². The van der Waals surface area contributed by atoms with Crippen molar-refractivity contribution in [1.82, 2.24) is 9.80 Å². The fraction of sp³-hybridized carbons (Fsp3) is 0.588. The topological polar surface area (TPSA) is 83.7 Å². The van der Waals surface area contributed by atoms with E-state index in [4.69, 9.17) is 5.14 Å². The molecule has 2 saturated heterocycles. The molecular formula is C17H25N3O3S. The molecule has 7 heteroatoms. The summed E-state index contributed by atoms with van der Waals surface area (Å²) in [6.07, 6.45) is 1.38. The van der Waals surface area contributed by atoms with Crippen LogP contribution in [0.5, 0.6) is 0 Å². The van der Waals surface area contributed by atoms with Crippen molar-refractivity contribution in [3.8, 4) is 0 Å². The van der Waals surface area contributed by atoms with E-state index in [1.807, 2.05) is 11.0 Å². The lowest BCUT2D eigenvalue weighted by atomic mass is 10.1. The molecule has 2 fully saturated rings. The third-order valence-corrected chi connectivity index (χ3v) is 5.80. The summed E-state index contributed by atoms with van der Waals surface area (Å²) >= 11 is 0. The molecule has 0 bridgehead atoms. The van der Waals surface area contributed by atoms with Crippen LogP contribution in [0.25, 0.3) is 0 Å². The maximum Gasteiger partial charge on any atom is 0.222 e. The van der Waals surface area contributed by atoms with Gasteiger partial charge in [-0.05, 0) is 24.4 Å². The van der Waals surface area contributed by atoms with E-state index in [9.17, 15) is 13.2 Å². The first-order valence-electron chi connectivity index (χ1n) is 8.43. The molecule has 0 aliphatic carbocycles. The molecule has 24 heavy (non-hydrogen) atoms. The summed E-state index contributed by atoms with van der Waals surface area (Å²) in [7, 11) is -3.51. The summed E-state index contributed by atoms with van der Waals surface area (Å²) in [6.45, 7) is 4.22. The molecule has 0 spiro atoms. The lowest BCUT2D eigenvalue weighted by Gasteiger charge is -2.21. The molecule has 132 valence electrons. The monoisotopic (exact) mass is 351 g/mol. The summed E-state index contributed by atoms with van der Waals surface area (Å²) < 4.78 is 22.4. The van der Waals surface area contributed by atoms with Crippen molar-refractivity contribution < 1.29 is 13.2 Å². The highest BCUT2D eigenvalue weighted by Gasteiger charge is 2.34. The Bertz CT molecular complexity index is 678. The van der Waals surface area contributed by atoms with Crippen LogP contribution in [0.3, 0.4) is 0 Å². The number of carbonyl (C=O) groups excluding carboxylic acids is 1. The van der Waals surface area contributed by atoms with Gasteiger partial charge in [-0.2, -0.15) is 0 Å². The number of primary sulfonamides is 1. The minimum absolute atomic E-state index is 0.0603. The van der Waals surface area contributed by atoms with Gasteiger partial charge in [0.25, 0.3) is 0 Å². The number of amides is 1. The molecule has 2 aliphatic heterocycles. The first kappa shape index (κ1) is 17.4. The van der Waals surface area contributed by atoms with Gasteiger partial charge in [0.15, 0.2) is 0 Å². The third kappa shape index (κ3) is 4.78. The van der Waals surface area contributed by atoms with Gasteiger partial charge >= 0.3 is 0 Å². The van der Waals surface area contributed by atoms with E-state index in [1.54, 1.807) is 0 Å². The summed E-state index contributed by atoms with van der Waals surface area (Å²) in [4.78, 5) is 16.4. The van der Waals surface area contributed by atoms with Gasteiger partial charge < -0.3 is 4.90 Å². The van der Waals surface area contributed by atoms with Crippen molar-refractivity contribution in [1.29, 1.82) is 0 Å². The Morgan fingerprint density at radius 3 is 2.58 bits per heavy atom. The maximum atomic E-state index is 12.1. The summed E-state index contributed by atoms with van der Waals surface area (Å²) in [6, 6.07) is 10.4. The fourth-order valence-electron chi connectivity index (χ4n) is 3.83. The molecule has 1 aromatic carbocycles. The Kier molecular flexibility index (Phi) is 5.22. The van der Waals surface area contributed by atoms with Gasteiger partial charge in [0, 0.05) is 38.5 Å². The smallest absolute Gasteiger partial charge is 0.222 e. The number of benzene rings is 1. The standard InChI is InChI=1S/C17H25N3O3S/c18-24(22,23)13-16-8-17(21)20(12-16)11-15-6-7-19(10-15)9-14-4-2-1-3-5-14/h1-5,15-16H,6-13H2,(H2,18,22,23). The van der Waals surface area contributed by atoms with Crippen LogP contribution in [0, 0.1) is 11.8 Å². The van der Waals surface area contributed by atoms with Gasteiger partial charge in [0.1, 0.15) is 0 Å². The van der Waals surface area contributed by atoms with Crippen LogP contribution in [-0.2, 0) is 21.4 Å². The molecule has 1 aromatic rings. The molecule has 3 rings (SSSR count). The van der Waals surface area contributed by atoms with Crippen molar-refractivity contribution in [3.63, 3.8) is 0 Å². The van der Waals surface area contributed by atoms with E-state index < -0.39 is 10.0 Å². The number of nitrogens with zero attached hydrogens (tertiary/aromatic N) is 2. The lowest BCUT2D eigenvalue weighted by molar-refractivity contribution is -0.128. The third-order valence-electron chi connectivity index (χ3n) is 4.86. The predicted molar refractivity (Wildman–Crippen MR) is 92.5 cm³/mol. The van der Waals surface area contributed by atoms with Crippen LogP contribution in [-0.4, -0.2) is 56.1 Å². The number of rotatable bonds is 6. The van der Waals surface area contributed by atoms with E-state index in [1.165, 1.54) is 5.56 Å². The highest BCUT2D eigenvalue weighted by Crippen LogP contribution is 2.24. The SMILES string of the molecule is NS(=O)(=O)CC1CC(=O)N(CC2CCN(Cc3ccccc3)C2)C1. The van der Waals surface area contributed by atoms with Crippen LogP contribution in [0.15, 0.2) is 30.3 Å². The summed E-state index contributed by atoms with van der Waals surface area (Å²) in [5.41, 5.74) is 1.31. The second-order valence-electron chi connectivity index (χ2n) is 7.07. The average Bonchev–Trinajstić information content (AvgIpc) is 3.06. The number of hydrogen-bond donors (Lipinski definition) is 1. The number of nitrogens with two attached hydrogens (primary N) is 1. The van der Waals surface area contributed by atoms with Gasteiger partial charge in [-0.3, -0.25) is 9.69 Å². The van der Waals surface area contributed by atoms with Crippen LogP contribution in [0.1, 0.15) is 18.4 Å².